The first-order valence-electron chi connectivity index (χ1n) is 6.94. The van der Waals surface area contributed by atoms with Crippen LogP contribution in [0, 0.1) is 10.1 Å². The van der Waals surface area contributed by atoms with Crippen molar-refractivity contribution in [2.24, 2.45) is 0 Å². The van der Waals surface area contributed by atoms with Crippen LogP contribution < -0.4 is 0 Å². The third kappa shape index (κ3) is 2.42. The van der Waals surface area contributed by atoms with Gasteiger partial charge < -0.3 is 9.40 Å². The highest BCUT2D eigenvalue weighted by molar-refractivity contribution is 5.87. The van der Waals surface area contributed by atoms with Crippen molar-refractivity contribution < 1.29 is 9.34 Å². The Balaban J connectivity index is 2.14. The number of rotatable bonds is 5. The van der Waals surface area contributed by atoms with E-state index in [9.17, 15) is 10.1 Å². The summed E-state index contributed by atoms with van der Waals surface area (Å²) in [5.41, 5.74) is 3.17. The Labute approximate surface area is 121 Å². The number of furan rings is 1. The van der Waals surface area contributed by atoms with Crippen LogP contribution in [0.25, 0.3) is 10.9 Å². The Kier molecular flexibility index (Phi) is 3.48. The molecule has 108 valence electrons. The fraction of sp³-hybridized carbons (Fsp3) is 0.250. The molecule has 0 bridgehead atoms. The quantitative estimate of drug-likeness (QED) is 0.573. The third-order valence-electron chi connectivity index (χ3n) is 3.81. The number of H-pyrrole nitrogens is 1. The average Bonchev–Trinajstić information content (AvgIpc) is 3.13. The molecular weight excluding hydrogens is 268 g/mol. The molecule has 5 heteroatoms. The van der Waals surface area contributed by atoms with E-state index >= 15 is 0 Å². The summed E-state index contributed by atoms with van der Waals surface area (Å²) in [7, 11) is 0. The Hall–Kier alpha value is -2.56. The zero-order valence-electron chi connectivity index (χ0n) is 11.7. The minimum absolute atomic E-state index is 0.184. The van der Waals surface area contributed by atoms with Gasteiger partial charge >= 0.3 is 0 Å². The first-order chi connectivity index (χ1) is 10.2. The zero-order valence-corrected chi connectivity index (χ0v) is 11.7. The van der Waals surface area contributed by atoms with Gasteiger partial charge in [0.15, 0.2) is 0 Å². The molecule has 5 nitrogen and oxygen atoms in total. The van der Waals surface area contributed by atoms with Gasteiger partial charge in [-0.2, -0.15) is 0 Å². The lowest BCUT2D eigenvalue weighted by molar-refractivity contribution is -0.482. The molecule has 21 heavy (non-hydrogen) atoms. The number of hydrogen-bond acceptors (Lipinski definition) is 3. The van der Waals surface area contributed by atoms with Crippen LogP contribution in [0.5, 0.6) is 0 Å². The molecule has 1 aromatic carbocycles. The Morgan fingerprint density at radius 3 is 2.86 bits per heavy atom. The highest BCUT2D eigenvalue weighted by Gasteiger charge is 2.25. The maximum atomic E-state index is 11.0. The molecule has 0 saturated heterocycles. The standard InChI is InChI=1S/C16H16N2O3/c1-2-11-5-3-6-12-13(9-17-16(11)12)14(10-18(19)20)15-7-4-8-21-15/h3-9,14,17H,2,10H2,1H3. The molecule has 2 aromatic heterocycles. The maximum absolute atomic E-state index is 11.0. The van der Waals surface area contributed by atoms with Crippen molar-refractivity contribution in [3.63, 3.8) is 0 Å². The number of nitrogens with one attached hydrogen (secondary N) is 1. The summed E-state index contributed by atoms with van der Waals surface area (Å²) in [6, 6.07) is 9.60. The molecule has 0 amide bonds. The van der Waals surface area contributed by atoms with E-state index in [1.54, 1.807) is 18.4 Å². The van der Waals surface area contributed by atoms with Crippen LogP contribution in [0.4, 0.5) is 0 Å². The Bertz CT molecular complexity index is 759. The monoisotopic (exact) mass is 284 g/mol. The molecule has 0 fully saturated rings. The Morgan fingerprint density at radius 1 is 1.33 bits per heavy atom. The minimum atomic E-state index is -0.379. The van der Waals surface area contributed by atoms with E-state index in [1.165, 1.54) is 5.56 Å². The number of nitrogens with zero attached hydrogens (tertiary/aromatic N) is 1. The van der Waals surface area contributed by atoms with Gasteiger partial charge in [0, 0.05) is 22.0 Å². The second kappa shape index (κ2) is 5.44. The van der Waals surface area contributed by atoms with Crippen molar-refractivity contribution in [1.29, 1.82) is 0 Å². The van der Waals surface area contributed by atoms with E-state index in [4.69, 9.17) is 4.42 Å². The van der Waals surface area contributed by atoms with Crippen LogP contribution in [0.15, 0.2) is 47.2 Å². The first-order valence-corrected chi connectivity index (χ1v) is 6.94. The van der Waals surface area contributed by atoms with Crippen LogP contribution in [-0.2, 0) is 6.42 Å². The largest absolute Gasteiger partial charge is 0.468 e. The van der Waals surface area contributed by atoms with Crippen molar-refractivity contribution in [3.05, 3.63) is 69.8 Å². The molecule has 1 atom stereocenters. The van der Waals surface area contributed by atoms with Crippen LogP contribution in [-0.4, -0.2) is 16.5 Å². The van der Waals surface area contributed by atoms with E-state index in [0.717, 1.165) is 22.9 Å². The first kappa shape index (κ1) is 13.4. The fourth-order valence-corrected chi connectivity index (χ4v) is 2.80. The molecule has 2 heterocycles. The van der Waals surface area contributed by atoms with E-state index in [0.29, 0.717) is 5.76 Å². The molecule has 0 radical (unpaired) electrons. The van der Waals surface area contributed by atoms with Gasteiger partial charge in [0.25, 0.3) is 0 Å². The van der Waals surface area contributed by atoms with E-state index in [1.807, 2.05) is 18.3 Å². The number of aryl methyl sites for hydroxylation is 1. The summed E-state index contributed by atoms with van der Waals surface area (Å²) in [6.07, 6.45) is 4.33. The molecule has 0 aliphatic carbocycles. The molecule has 3 rings (SSSR count). The lowest BCUT2D eigenvalue weighted by Gasteiger charge is -2.09. The number of hydrogen-bond donors (Lipinski definition) is 1. The van der Waals surface area contributed by atoms with E-state index in [-0.39, 0.29) is 17.4 Å². The van der Waals surface area contributed by atoms with Crippen LogP contribution in [0.1, 0.15) is 29.7 Å². The zero-order chi connectivity index (χ0) is 14.8. The van der Waals surface area contributed by atoms with Crippen LogP contribution in [0.3, 0.4) is 0 Å². The molecule has 0 aliphatic heterocycles. The predicted molar refractivity (Wildman–Crippen MR) is 80.1 cm³/mol. The summed E-state index contributed by atoms with van der Waals surface area (Å²) >= 11 is 0. The van der Waals surface area contributed by atoms with Crippen molar-refractivity contribution in [2.75, 3.05) is 6.54 Å². The molecule has 0 spiro atoms. The molecule has 1 N–H and O–H groups in total. The normalized spacial score (nSPS) is 12.6. The number of nitro groups is 1. The van der Waals surface area contributed by atoms with Crippen LogP contribution in [0.2, 0.25) is 0 Å². The van der Waals surface area contributed by atoms with Gasteiger partial charge in [-0.15, -0.1) is 0 Å². The van der Waals surface area contributed by atoms with Crippen molar-refractivity contribution in [3.8, 4) is 0 Å². The molecule has 3 aromatic rings. The number of fused-ring (bicyclic) bond motifs is 1. The molecule has 0 saturated carbocycles. The molecular formula is C16H16N2O3. The maximum Gasteiger partial charge on any atom is 0.217 e. The van der Waals surface area contributed by atoms with Gasteiger partial charge in [0.2, 0.25) is 6.54 Å². The third-order valence-corrected chi connectivity index (χ3v) is 3.81. The number of aromatic amines is 1. The van der Waals surface area contributed by atoms with Gasteiger partial charge in [-0.25, -0.2) is 0 Å². The van der Waals surface area contributed by atoms with Gasteiger partial charge in [-0.3, -0.25) is 10.1 Å². The SMILES string of the molecule is CCc1cccc2c(C(C[N+](=O)[O-])c3ccco3)c[nH]c12. The topological polar surface area (TPSA) is 72.1 Å². The average molecular weight is 284 g/mol. The highest BCUT2D eigenvalue weighted by atomic mass is 16.6. The summed E-state index contributed by atoms with van der Waals surface area (Å²) in [4.78, 5) is 14.0. The lowest BCUT2D eigenvalue weighted by Crippen LogP contribution is -2.13. The molecule has 0 aliphatic rings. The smallest absolute Gasteiger partial charge is 0.217 e. The van der Waals surface area contributed by atoms with Gasteiger partial charge in [-0.1, -0.05) is 25.1 Å². The van der Waals surface area contributed by atoms with E-state index < -0.39 is 0 Å². The summed E-state index contributed by atoms with van der Waals surface area (Å²) in [5, 5.41) is 12.0. The fourth-order valence-electron chi connectivity index (χ4n) is 2.80. The van der Waals surface area contributed by atoms with Gasteiger partial charge in [0.05, 0.1) is 6.26 Å². The van der Waals surface area contributed by atoms with Crippen LogP contribution >= 0.6 is 0 Å². The second-order valence-corrected chi connectivity index (χ2v) is 5.02. The van der Waals surface area contributed by atoms with Gasteiger partial charge in [-0.05, 0) is 29.7 Å². The van der Waals surface area contributed by atoms with Crippen molar-refractivity contribution >= 4 is 10.9 Å². The summed E-state index contributed by atoms with van der Waals surface area (Å²) < 4.78 is 5.41. The summed E-state index contributed by atoms with van der Waals surface area (Å²) in [5.74, 6) is 0.241. The minimum Gasteiger partial charge on any atom is -0.468 e. The second-order valence-electron chi connectivity index (χ2n) is 5.02. The lowest BCUT2D eigenvalue weighted by atomic mass is 9.95. The Morgan fingerprint density at radius 2 is 2.19 bits per heavy atom. The van der Waals surface area contributed by atoms with Gasteiger partial charge in [0.1, 0.15) is 11.7 Å². The number of aromatic nitrogens is 1. The highest BCUT2D eigenvalue weighted by Crippen LogP contribution is 2.32. The van der Waals surface area contributed by atoms with Crippen molar-refractivity contribution in [1.82, 2.24) is 4.98 Å². The molecule has 1 unspecified atom stereocenters. The number of benzene rings is 1. The number of para-hydroxylation sites is 1. The predicted octanol–water partition coefficient (Wildman–Crippen LogP) is 3.73. The van der Waals surface area contributed by atoms with Crippen molar-refractivity contribution in [2.45, 2.75) is 19.3 Å². The summed E-state index contributed by atoms with van der Waals surface area (Å²) in [6.45, 7) is 1.91. The van der Waals surface area contributed by atoms with E-state index in [2.05, 4.69) is 18.0 Å².